The van der Waals surface area contributed by atoms with Gasteiger partial charge in [-0.15, -0.1) is 0 Å². The first kappa shape index (κ1) is 14.9. The fraction of sp³-hybridized carbons (Fsp3) is 0.562. The summed E-state index contributed by atoms with van der Waals surface area (Å²) in [4.78, 5) is 15.8. The molecule has 0 saturated carbocycles. The van der Waals surface area contributed by atoms with E-state index in [2.05, 4.69) is 17.0 Å². The average molecular weight is 276 g/mol. The van der Waals surface area contributed by atoms with Crippen LogP contribution in [-0.4, -0.2) is 49.5 Å². The van der Waals surface area contributed by atoms with Gasteiger partial charge < -0.3 is 9.64 Å². The molecule has 1 aliphatic heterocycles. The molecule has 0 aromatic heterocycles. The summed E-state index contributed by atoms with van der Waals surface area (Å²) in [6, 6.07) is 8.63. The molecule has 2 rings (SSSR count). The number of hydrogen-bond donors (Lipinski definition) is 0. The highest BCUT2D eigenvalue weighted by Crippen LogP contribution is 2.32. The van der Waals surface area contributed by atoms with Crippen LogP contribution in [0.3, 0.4) is 0 Å². The summed E-state index contributed by atoms with van der Waals surface area (Å²) < 4.78 is 5.47. The van der Waals surface area contributed by atoms with Crippen molar-refractivity contribution in [3.63, 3.8) is 0 Å². The highest BCUT2D eigenvalue weighted by Gasteiger charge is 2.27. The number of rotatable bonds is 5. The summed E-state index contributed by atoms with van der Waals surface area (Å²) >= 11 is 0. The van der Waals surface area contributed by atoms with Gasteiger partial charge in [-0.25, -0.2) is 0 Å². The lowest BCUT2D eigenvalue weighted by Gasteiger charge is -2.25. The predicted molar refractivity (Wildman–Crippen MR) is 79.9 cm³/mol. The summed E-state index contributed by atoms with van der Waals surface area (Å²) in [5.41, 5.74) is 1.28. The van der Waals surface area contributed by atoms with E-state index >= 15 is 0 Å². The van der Waals surface area contributed by atoms with Crippen LogP contribution >= 0.6 is 0 Å². The van der Waals surface area contributed by atoms with Gasteiger partial charge in [0.05, 0.1) is 13.2 Å². The molecule has 0 N–H and O–H groups in total. The summed E-state index contributed by atoms with van der Waals surface area (Å²) in [5.74, 6) is 1.08. The molecule has 0 spiro atoms. The van der Waals surface area contributed by atoms with E-state index in [9.17, 15) is 4.79 Å². The van der Waals surface area contributed by atoms with Crippen molar-refractivity contribution >= 4 is 5.91 Å². The van der Waals surface area contributed by atoms with Gasteiger partial charge in [-0.1, -0.05) is 12.1 Å². The fourth-order valence-electron chi connectivity index (χ4n) is 2.66. The van der Waals surface area contributed by atoms with Crippen molar-refractivity contribution in [2.24, 2.45) is 0 Å². The molecule has 1 heterocycles. The van der Waals surface area contributed by atoms with Gasteiger partial charge in [-0.2, -0.15) is 0 Å². The number of amides is 1. The summed E-state index contributed by atoms with van der Waals surface area (Å²) in [6.45, 7) is 4.17. The Kier molecular flexibility index (Phi) is 5.01. The quantitative estimate of drug-likeness (QED) is 0.827. The first-order valence-electron chi connectivity index (χ1n) is 7.28. The summed E-state index contributed by atoms with van der Waals surface area (Å²) in [7, 11) is 3.62. The van der Waals surface area contributed by atoms with Crippen LogP contribution in [-0.2, 0) is 4.79 Å². The van der Waals surface area contributed by atoms with Crippen molar-refractivity contribution in [1.29, 1.82) is 0 Å². The minimum Gasteiger partial charge on any atom is -0.494 e. The van der Waals surface area contributed by atoms with Crippen LogP contribution in [0.2, 0.25) is 0 Å². The van der Waals surface area contributed by atoms with E-state index in [1.54, 1.807) is 4.90 Å². The van der Waals surface area contributed by atoms with Gasteiger partial charge in [0.15, 0.2) is 0 Å². The normalized spacial score (nSPS) is 19.1. The maximum absolute atomic E-state index is 11.9. The molecule has 1 unspecified atom stereocenters. The Labute approximate surface area is 121 Å². The van der Waals surface area contributed by atoms with Crippen LogP contribution < -0.4 is 4.74 Å². The third-order valence-electron chi connectivity index (χ3n) is 3.78. The molecular formula is C16H24N2O2. The van der Waals surface area contributed by atoms with Crippen molar-refractivity contribution in [2.75, 3.05) is 33.8 Å². The van der Waals surface area contributed by atoms with E-state index in [1.807, 2.05) is 33.2 Å². The van der Waals surface area contributed by atoms with Gasteiger partial charge in [-0.3, -0.25) is 9.69 Å². The number of carbonyl (C=O) groups is 1. The molecule has 1 aliphatic rings. The molecule has 4 heteroatoms. The lowest BCUT2D eigenvalue weighted by atomic mass is 10.0. The van der Waals surface area contributed by atoms with Gasteiger partial charge in [0.2, 0.25) is 5.91 Å². The highest BCUT2D eigenvalue weighted by molar-refractivity contribution is 5.77. The van der Waals surface area contributed by atoms with E-state index in [1.165, 1.54) is 5.56 Å². The van der Waals surface area contributed by atoms with Crippen LogP contribution in [0.1, 0.15) is 31.4 Å². The van der Waals surface area contributed by atoms with E-state index in [4.69, 9.17) is 4.74 Å². The number of hydrogen-bond acceptors (Lipinski definition) is 3. The Balaban J connectivity index is 2.04. The zero-order chi connectivity index (χ0) is 14.5. The van der Waals surface area contributed by atoms with Gasteiger partial charge in [0, 0.05) is 20.1 Å². The third kappa shape index (κ3) is 3.51. The van der Waals surface area contributed by atoms with Crippen LogP contribution in [0.5, 0.6) is 5.75 Å². The van der Waals surface area contributed by atoms with Crippen LogP contribution in [0, 0.1) is 0 Å². The van der Waals surface area contributed by atoms with Crippen molar-refractivity contribution < 1.29 is 9.53 Å². The van der Waals surface area contributed by atoms with E-state index < -0.39 is 0 Å². The minimum absolute atomic E-state index is 0.169. The SMILES string of the molecule is CCOc1ccc(C2CCCN2CC(=O)N(C)C)cc1. The number of carbonyl (C=O) groups excluding carboxylic acids is 1. The second-order valence-corrected chi connectivity index (χ2v) is 5.42. The van der Waals surface area contributed by atoms with E-state index in [0.717, 1.165) is 25.1 Å². The fourth-order valence-corrected chi connectivity index (χ4v) is 2.66. The number of likely N-dealkylation sites (tertiary alicyclic amines) is 1. The monoisotopic (exact) mass is 276 g/mol. The minimum atomic E-state index is 0.169. The topological polar surface area (TPSA) is 32.8 Å². The number of ether oxygens (including phenoxy) is 1. The average Bonchev–Trinajstić information content (AvgIpc) is 2.88. The van der Waals surface area contributed by atoms with Crippen LogP contribution in [0.25, 0.3) is 0 Å². The summed E-state index contributed by atoms with van der Waals surface area (Å²) in [6.07, 6.45) is 2.27. The predicted octanol–water partition coefficient (Wildman–Crippen LogP) is 2.31. The molecule has 110 valence electrons. The summed E-state index contributed by atoms with van der Waals surface area (Å²) in [5, 5.41) is 0. The highest BCUT2D eigenvalue weighted by atomic mass is 16.5. The molecule has 0 radical (unpaired) electrons. The Bertz CT molecular complexity index is 442. The Morgan fingerprint density at radius 2 is 2.05 bits per heavy atom. The molecule has 20 heavy (non-hydrogen) atoms. The smallest absolute Gasteiger partial charge is 0.236 e. The van der Waals surface area contributed by atoms with Gasteiger partial charge >= 0.3 is 0 Å². The Hall–Kier alpha value is -1.55. The maximum Gasteiger partial charge on any atom is 0.236 e. The first-order chi connectivity index (χ1) is 9.61. The molecule has 0 bridgehead atoms. The van der Waals surface area contributed by atoms with Gasteiger partial charge in [-0.05, 0) is 44.0 Å². The zero-order valence-corrected chi connectivity index (χ0v) is 12.6. The lowest BCUT2D eigenvalue weighted by Crippen LogP contribution is -2.36. The van der Waals surface area contributed by atoms with Gasteiger partial charge in [0.1, 0.15) is 5.75 Å². The molecule has 1 aromatic rings. The molecule has 1 saturated heterocycles. The van der Waals surface area contributed by atoms with Crippen molar-refractivity contribution in [1.82, 2.24) is 9.80 Å². The lowest BCUT2D eigenvalue weighted by molar-refractivity contribution is -0.130. The molecule has 1 aromatic carbocycles. The van der Waals surface area contributed by atoms with E-state index in [-0.39, 0.29) is 5.91 Å². The van der Waals surface area contributed by atoms with Crippen molar-refractivity contribution in [2.45, 2.75) is 25.8 Å². The van der Waals surface area contributed by atoms with E-state index in [0.29, 0.717) is 19.2 Å². The Morgan fingerprint density at radius 1 is 1.35 bits per heavy atom. The third-order valence-corrected chi connectivity index (χ3v) is 3.78. The molecule has 1 amide bonds. The Morgan fingerprint density at radius 3 is 2.65 bits per heavy atom. The van der Waals surface area contributed by atoms with Gasteiger partial charge in [0.25, 0.3) is 0 Å². The van der Waals surface area contributed by atoms with Crippen molar-refractivity contribution in [3.05, 3.63) is 29.8 Å². The zero-order valence-electron chi connectivity index (χ0n) is 12.6. The molecular weight excluding hydrogens is 252 g/mol. The maximum atomic E-state index is 11.9. The standard InChI is InChI=1S/C16H24N2O2/c1-4-20-14-9-7-13(8-10-14)15-6-5-11-18(15)12-16(19)17(2)3/h7-10,15H,4-6,11-12H2,1-3H3. The number of benzene rings is 1. The molecule has 1 fully saturated rings. The van der Waals surface area contributed by atoms with Crippen LogP contribution in [0.15, 0.2) is 24.3 Å². The van der Waals surface area contributed by atoms with Crippen molar-refractivity contribution in [3.8, 4) is 5.75 Å². The number of likely N-dealkylation sites (N-methyl/N-ethyl adjacent to an activating group) is 1. The first-order valence-corrected chi connectivity index (χ1v) is 7.28. The molecule has 0 aliphatic carbocycles. The second-order valence-electron chi connectivity index (χ2n) is 5.42. The van der Waals surface area contributed by atoms with Crippen LogP contribution in [0.4, 0.5) is 0 Å². The largest absolute Gasteiger partial charge is 0.494 e. The number of nitrogens with zero attached hydrogens (tertiary/aromatic N) is 2. The molecule has 1 atom stereocenters. The second kappa shape index (κ2) is 6.75. The molecule has 4 nitrogen and oxygen atoms in total.